The molecule has 1 fully saturated rings. The molecular weight excluding hydrogens is 274 g/mol. The molecule has 0 unspecified atom stereocenters. The number of aliphatic carboxylic acids is 1. The van der Waals surface area contributed by atoms with Crippen LogP contribution in [0.15, 0.2) is 0 Å². The number of amides is 3. The van der Waals surface area contributed by atoms with Gasteiger partial charge in [-0.3, -0.25) is 4.79 Å². The highest BCUT2D eigenvalue weighted by Gasteiger charge is 2.39. The quantitative estimate of drug-likeness (QED) is 0.801. The number of piperidine rings is 1. The van der Waals surface area contributed by atoms with Crippen LogP contribution in [0.3, 0.4) is 0 Å². The van der Waals surface area contributed by atoms with Crippen molar-refractivity contribution in [1.82, 2.24) is 15.1 Å². The van der Waals surface area contributed by atoms with Crippen LogP contribution in [-0.4, -0.2) is 65.0 Å². The van der Waals surface area contributed by atoms with E-state index in [1.807, 2.05) is 0 Å². The number of rotatable bonds is 4. The molecule has 0 spiro atoms. The summed E-state index contributed by atoms with van der Waals surface area (Å²) in [5, 5.41) is 11.9. The second-order valence-corrected chi connectivity index (χ2v) is 5.77. The molecule has 1 aliphatic heterocycles. The topological polar surface area (TPSA) is 90.0 Å². The van der Waals surface area contributed by atoms with Gasteiger partial charge in [-0.25, -0.2) is 9.59 Å². The Labute approximate surface area is 125 Å². The monoisotopic (exact) mass is 299 g/mol. The summed E-state index contributed by atoms with van der Waals surface area (Å²) < 4.78 is 0. The van der Waals surface area contributed by atoms with Crippen molar-refractivity contribution in [3.05, 3.63) is 0 Å². The summed E-state index contributed by atoms with van der Waals surface area (Å²) in [7, 11) is 1.61. The lowest BCUT2D eigenvalue weighted by atomic mass is 9.96. The lowest BCUT2D eigenvalue weighted by Crippen LogP contribution is -2.58. The van der Waals surface area contributed by atoms with Crippen molar-refractivity contribution < 1.29 is 19.5 Å². The standard InChI is InChI=1S/C14H25N3O4/c1-5-17(14(2,3)12(19)20)13(21)16-8-6-10(7-9-16)11(18)15-4/h10H,5-9H2,1-4H3,(H,15,18)(H,19,20). The van der Waals surface area contributed by atoms with Crippen LogP contribution in [0, 0.1) is 5.92 Å². The summed E-state index contributed by atoms with van der Waals surface area (Å²) in [6.45, 7) is 6.08. The second-order valence-electron chi connectivity index (χ2n) is 5.77. The molecule has 7 nitrogen and oxygen atoms in total. The van der Waals surface area contributed by atoms with Gasteiger partial charge < -0.3 is 20.2 Å². The van der Waals surface area contributed by atoms with Gasteiger partial charge in [0.1, 0.15) is 5.54 Å². The average Bonchev–Trinajstić information content (AvgIpc) is 2.46. The number of carboxylic acids is 1. The number of hydrogen-bond donors (Lipinski definition) is 2. The van der Waals surface area contributed by atoms with Crippen LogP contribution in [0.4, 0.5) is 4.79 Å². The first-order chi connectivity index (χ1) is 9.75. The zero-order chi connectivity index (χ0) is 16.2. The van der Waals surface area contributed by atoms with Gasteiger partial charge in [-0.2, -0.15) is 0 Å². The third kappa shape index (κ3) is 3.65. The van der Waals surface area contributed by atoms with Crippen LogP contribution in [0.25, 0.3) is 0 Å². The van der Waals surface area contributed by atoms with E-state index >= 15 is 0 Å². The molecule has 1 rings (SSSR count). The van der Waals surface area contributed by atoms with E-state index in [1.165, 1.54) is 18.7 Å². The van der Waals surface area contributed by atoms with Gasteiger partial charge >= 0.3 is 12.0 Å². The molecule has 2 N–H and O–H groups in total. The fourth-order valence-electron chi connectivity index (χ4n) is 2.59. The first-order valence-corrected chi connectivity index (χ1v) is 7.27. The Morgan fingerprint density at radius 1 is 1.29 bits per heavy atom. The summed E-state index contributed by atoms with van der Waals surface area (Å²) in [6, 6.07) is -0.278. The Balaban J connectivity index is 2.72. The number of nitrogens with zero attached hydrogens (tertiary/aromatic N) is 2. The highest BCUT2D eigenvalue weighted by molar-refractivity contribution is 5.86. The molecule has 0 aliphatic carbocycles. The summed E-state index contributed by atoms with van der Waals surface area (Å²) in [4.78, 5) is 38.4. The zero-order valence-electron chi connectivity index (χ0n) is 13.2. The second kappa shape index (κ2) is 6.78. The number of urea groups is 1. The first kappa shape index (κ1) is 17.3. The van der Waals surface area contributed by atoms with E-state index in [4.69, 9.17) is 0 Å². The van der Waals surface area contributed by atoms with Gasteiger partial charge in [0.15, 0.2) is 0 Å². The number of likely N-dealkylation sites (N-methyl/N-ethyl adjacent to an activating group) is 1. The number of carbonyl (C=O) groups is 3. The van der Waals surface area contributed by atoms with E-state index < -0.39 is 11.5 Å². The number of carboxylic acid groups (broad SMARTS) is 1. The number of likely N-dealkylation sites (tertiary alicyclic amines) is 1. The lowest BCUT2D eigenvalue weighted by Gasteiger charge is -2.40. The minimum atomic E-state index is -1.25. The first-order valence-electron chi connectivity index (χ1n) is 7.27. The van der Waals surface area contributed by atoms with Crippen molar-refractivity contribution in [1.29, 1.82) is 0 Å². The van der Waals surface area contributed by atoms with Gasteiger partial charge in [-0.1, -0.05) is 0 Å². The normalized spacial score (nSPS) is 16.5. The van der Waals surface area contributed by atoms with E-state index in [0.717, 1.165) is 0 Å². The van der Waals surface area contributed by atoms with Crippen LogP contribution < -0.4 is 5.32 Å². The Morgan fingerprint density at radius 3 is 2.19 bits per heavy atom. The van der Waals surface area contributed by atoms with Gasteiger partial charge in [0.2, 0.25) is 5.91 Å². The molecular formula is C14H25N3O4. The summed E-state index contributed by atoms with van der Waals surface area (Å²) in [5.41, 5.74) is -1.25. The molecule has 0 aromatic carbocycles. The largest absolute Gasteiger partial charge is 0.480 e. The minimum Gasteiger partial charge on any atom is -0.480 e. The number of nitrogens with one attached hydrogen (secondary N) is 1. The lowest BCUT2D eigenvalue weighted by molar-refractivity contribution is -0.147. The van der Waals surface area contributed by atoms with Crippen molar-refractivity contribution in [3.63, 3.8) is 0 Å². The number of carbonyl (C=O) groups excluding carboxylic acids is 2. The molecule has 1 heterocycles. The van der Waals surface area contributed by atoms with Crippen molar-refractivity contribution in [2.75, 3.05) is 26.7 Å². The average molecular weight is 299 g/mol. The van der Waals surface area contributed by atoms with Crippen LogP contribution in [0.1, 0.15) is 33.6 Å². The highest BCUT2D eigenvalue weighted by atomic mass is 16.4. The van der Waals surface area contributed by atoms with Crippen LogP contribution in [0.5, 0.6) is 0 Å². The van der Waals surface area contributed by atoms with Gasteiger partial charge in [-0.15, -0.1) is 0 Å². The Kier molecular flexibility index (Phi) is 5.57. The molecule has 0 radical (unpaired) electrons. The number of hydrogen-bond acceptors (Lipinski definition) is 3. The van der Waals surface area contributed by atoms with E-state index in [9.17, 15) is 19.5 Å². The predicted molar refractivity (Wildman–Crippen MR) is 77.9 cm³/mol. The van der Waals surface area contributed by atoms with Crippen molar-refractivity contribution in [2.45, 2.75) is 39.2 Å². The molecule has 3 amide bonds. The van der Waals surface area contributed by atoms with Crippen LogP contribution in [-0.2, 0) is 9.59 Å². The van der Waals surface area contributed by atoms with Crippen molar-refractivity contribution in [2.24, 2.45) is 5.92 Å². The third-order valence-electron chi connectivity index (χ3n) is 4.13. The zero-order valence-corrected chi connectivity index (χ0v) is 13.2. The molecule has 120 valence electrons. The SMILES string of the molecule is CCN(C(=O)N1CCC(C(=O)NC)CC1)C(C)(C)C(=O)O. The predicted octanol–water partition coefficient (Wildman–Crippen LogP) is 0.750. The summed E-state index contributed by atoms with van der Waals surface area (Å²) >= 11 is 0. The van der Waals surface area contributed by atoms with E-state index in [0.29, 0.717) is 32.5 Å². The highest BCUT2D eigenvalue weighted by Crippen LogP contribution is 2.22. The van der Waals surface area contributed by atoms with E-state index in [1.54, 1.807) is 18.9 Å². The summed E-state index contributed by atoms with van der Waals surface area (Å²) in [6.07, 6.45) is 1.22. The molecule has 7 heteroatoms. The smallest absolute Gasteiger partial charge is 0.329 e. The van der Waals surface area contributed by atoms with Crippen LogP contribution >= 0.6 is 0 Å². The Bertz CT molecular complexity index is 414. The molecule has 21 heavy (non-hydrogen) atoms. The fraction of sp³-hybridized carbons (Fsp3) is 0.786. The van der Waals surface area contributed by atoms with Crippen molar-refractivity contribution >= 4 is 17.9 Å². The van der Waals surface area contributed by atoms with Gasteiger partial charge in [0, 0.05) is 32.6 Å². The molecule has 0 aromatic rings. The maximum Gasteiger partial charge on any atom is 0.329 e. The fourth-order valence-corrected chi connectivity index (χ4v) is 2.59. The van der Waals surface area contributed by atoms with Gasteiger partial charge in [0.25, 0.3) is 0 Å². The van der Waals surface area contributed by atoms with Crippen LogP contribution in [0.2, 0.25) is 0 Å². The molecule has 0 bridgehead atoms. The third-order valence-corrected chi connectivity index (χ3v) is 4.13. The maximum absolute atomic E-state index is 12.5. The molecule has 0 saturated carbocycles. The Hall–Kier alpha value is -1.79. The van der Waals surface area contributed by atoms with E-state index in [-0.39, 0.29) is 17.9 Å². The minimum absolute atomic E-state index is 0.000289. The van der Waals surface area contributed by atoms with Crippen molar-refractivity contribution in [3.8, 4) is 0 Å². The maximum atomic E-state index is 12.5. The molecule has 1 saturated heterocycles. The molecule has 0 atom stereocenters. The summed E-state index contributed by atoms with van der Waals surface area (Å²) in [5.74, 6) is -1.10. The Morgan fingerprint density at radius 2 is 1.81 bits per heavy atom. The van der Waals surface area contributed by atoms with E-state index in [2.05, 4.69) is 5.32 Å². The van der Waals surface area contributed by atoms with Gasteiger partial charge in [-0.05, 0) is 33.6 Å². The molecule has 1 aliphatic rings. The molecule has 0 aromatic heterocycles. The van der Waals surface area contributed by atoms with Gasteiger partial charge in [0.05, 0.1) is 0 Å².